The lowest BCUT2D eigenvalue weighted by atomic mass is 10.1. The maximum Gasteiger partial charge on any atom is 0.336 e. The van der Waals surface area contributed by atoms with Crippen LogP contribution in [0.3, 0.4) is 0 Å². The zero-order valence-corrected chi connectivity index (χ0v) is 18.3. The quantitative estimate of drug-likeness (QED) is 0.470. The number of rotatable bonds is 6. The molecule has 158 valence electrons. The summed E-state index contributed by atoms with van der Waals surface area (Å²) < 4.78 is 30.4. The number of amides is 1. The summed E-state index contributed by atoms with van der Waals surface area (Å²) in [5.41, 5.74) is 4.30. The third-order valence-corrected chi connectivity index (χ3v) is 6.66. The Hall–Kier alpha value is -3.37. The first-order valence-electron chi connectivity index (χ1n) is 9.26. The van der Waals surface area contributed by atoms with Gasteiger partial charge in [-0.2, -0.15) is 0 Å². The van der Waals surface area contributed by atoms with E-state index < -0.39 is 26.7 Å². The molecule has 0 aliphatic heterocycles. The van der Waals surface area contributed by atoms with Crippen LogP contribution < -0.4 is 5.32 Å². The molecule has 0 aliphatic carbocycles. The van der Waals surface area contributed by atoms with Crippen molar-refractivity contribution in [2.45, 2.75) is 19.1 Å². The van der Waals surface area contributed by atoms with Gasteiger partial charge in [0.05, 0.1) is 5.69 Å². The normalized spacial score (nSPS) is 11.4. The van der Waals surface area contributed by atoms with Gasteiger partial charge in [0.2, 0.25) is 21.6 Å². The number of benzene rings is 2. The van der Waals surface area contributed by atoms with E-state index in [1.807, 2.05) is 56.3 Å². The summed E-state index contributed by atoms with van der Waals surface area (Å²) >= 11 is 1.21. The first-order valence-corrected chi connectivity index (χ1v) is 11.8. The molecule has 2 aromatic heterocycles. The van der Waals surface area contributed by atoms with Gasteiger partial charge in [0.1, 0.15) is 5.75 Å². The molecule has 0 aliphatic rings. The average Bonchev–Trinajstić information content (AvgIpc) is 3.41. The molecule has 2 aromatic carbocycles. The van der Waals surface area contributed by atoms with Crippen LogP contribution >= 0.6 is 11.3 Å². The molecule has 0 unspecified atom stereocenters. The number of sulfone groups is 1. The van der Waals surface area contributed by atoms with Crippen molar-refractivity contribution in [1.29, 1.82) is 0 Å². The number of nitrogens with one attached hydrogen (secondary N) is 1. The lowest BCUT2D eigenvalue weighted by Gasteiger charge is -2.02. The highest BCUT2D eigenvalue weighted by Gasteiger charge is 2.27. The van der Waals surface area contributed by atoms with Crippen LogP contribution in [0.5, 0.6) is 0 Å². The summed E-state index contributed by atoms with van der Waals surface area (Å²) in [7, 11) is -4.11. The summed E-state index contributed by atoms with van der Waals surface area (Å²) in [6.45, 7) is 3.89. The van der Waals surface area contributed by atoms with E-state index in [2.05, 4.69) is 20.5 Å². The topological polar surface area (TPSA) is 115 Å². The molecule has 0 radical (unpaired) electrons. The largest absolute Gasteiger partial charge is 0.408 e. The van der Waals surface area contributed by atoms with Crippen molar-refractivity contribution in [3.63, 3.8) is 0 Å². The van der Waals surface area contributed by atoms with Crippen LogP contribution in [0.1, 0.15) is 11.1 Å². The Morgan fingerprint density at radius 1 is 1.03 bits per heavy atom. The molecule has 1 N–H and O–H groups in total. The minimum absolute atomic E-state index is 0.0782. The average molecular weight is 455 g/mol. The number of hydrogen-bond donors (Lipinski definition) is 1. The number of carbonyl (C=O) groups is 1. The molecule has 0 fully saturated rings. The van der Waals surface area contributed by atoms with Crippen LogP contribution in [0.2, 0.25) is 0 Å². The summed E-state index contributed by atoms with van der Waals surface area (Å²) in [5.74, 6) is -1.49. The van der Waals surface area contributed by atoms with Gasteiger partial charge >= 0.3 is 5.22 Å². The van der Waals surface area contributed by atoms with Gasteiger partial charge in [-0.1, -0.05) is 41.5 Å². The Morgan fingerprint density at radius 2 is 1.81 bits per heavy atom. The number of carbonyl (C=O) groups excluding carboxylic acids is 1. The van der Waals surface area contributed by atoms with Crippen LogP contribution in [0.25, 0.3) is 22.7 Å². The third kappa shape index (κ3) is 4.70. The fraction of sp³-hybridized carbons (Fsp3) is 0.143. The second kappa shape index (κ2) is 8.40. The van der Waals surface area contributed by atoms with Crippen LogP contribution in [0.15, 0.2) is 63.6 Å². The van der Waals surface area contributed by atoms with E-state index in [-0.39, 0.29) is 5.89 Å². The fourth-order valence-corrected chi connectivity index (χ4v) is 4.44. The van der Waals surface area contributed by atoms with Crippen molar-refractivity contribution in [2.75, 3.05) is 11.1 Å². The van der Waals surface area contributed by atoms with Gasteiger partial charge in [0.15, 0.2) is 5.13 Å². The van der Waals surface area contributed by atoms with E-state index in [1.54, 1.807) is 11.4 Å². The van der Waals surface area contributed by atoms with Crippen LogP contribution in [-0.2, 0) is 14.6 Å². The van der Waals surface area contributed by atoms with Gasteiger partial charge < -0.3 is 9.73 Å². The zero-order chi connectivity index (χ0) is 22.0. The smallest absolute Gasteiger partial charge is 0.336 e. The van der Waals surface area contributed by atoms with E-state index in [1.165, 1.54) is 11.3 Å². The van der Waals surface area contributed by atoms with Gasteiger partial charge in [-0.3, -0.25) is 4.79 Å². The van der Waals surface area contributed by atoms with Crippen molar-refractivity contribution < 1.29 is 17.6 Å². The Kier molecular flexibility index (Phi) is 5.66. The van der Waals surface area contributed by atoms with Gasteiger partial charge in [-0.05, 0) is 37.1 Å². The SMILES string of the molecule is Cc1ccc(-c2nnc(S(=O)(=O)CC(=O)Nc3nc(-c4ccccc4)cs3)o2)cc1C. The van der Waals surface area contributed by atoms with E-state index in [0.717, 1.165) is 16.7 Å². The van der Waals surface area contributed by atoms with E-state index >= 15 is 0 Å². The molecular formula is C21H18N4O4S2. The predicted molar refractivity (Wildman–Crippen MR) is 117 cm³/mol. The number of nitrogens with zero attached hydrogens (tertiary/aromatic N) is 3. The Balaban J connectivity index is 1.45. The molecule has 0 atom stereocenters. The molecule has 31 heavy (non-hydrogen) atoms. The maximum atomic E-state index is 12.6. The number of thiazole rings is 1. The highest BCUT2D eigenvalue weighted by Crippen LogP contribution is 2.25. The van der Waals surface area contributed by atoms with Gasteiger partial charge in [-0.25, -0.2) is 13.4 Å². The molecule has 0 spiro atoms. The third-order valence-electron chi connectivity index (χ3n) is 4.57. The van der Waals surface area contributed by atoms with Crippen LogP contribution in [0.4, 0.5) is 5.13 Å². The molecule has 0 saturated carbocycles. The number of aryl methyl sites for hydroxylation is 2. The molecule has 10 heteroatoms. The monoisotopic (exact) mass is 454 g/mol. The predicted octanol–water partition coefficient (Wildman–Crippen LogP) is 3.89. The van der Waals surface area contributed by atoms with Crippen molar-refractivity contribution in [3.8, 4) is 22.7 Å². The van der Waals surface area contributed by atoms with Crippen molar-refractivity contribution >= 4 is 32.2 Å². The molecule has 4 rings (SSSR count). The van der Waals surface area contributed by atoms with Crippen molar-refractivity contribution in [1.82, 2.24) is 15.2 Å². The van der Waals surface area contributed by atoms with Crippen LogP contribution in [0, 0.1) is 13.8 Å². The molecule has 8 nitrogen and oxygen atoms in total. The van der Waals surface area contributed by atoms with Crippen molar-refractivity contribution in [3.05, 3.63) is 65.0 Å². The molecule has 0 bridgehead atoms. The molecular weight excluding hydrogens is 436 g/mol. The fourth-order valence-electron chi connectivity index (χ4n) is 2.79. The molecule has 4 aromatic rings. The second-order valence-corrected chi connectivity index (χ2v) is 9.61. The summed E-state index contributed by atoms with van der Waals surface area (Å²) in [6.07, 6.45) is 0. The minimum atomic E-state index is -4.11. The lowest BCUT2D eigenvalue weighted by Crippen LogP contribution is -2.23. The summed E-state index contributed by atoms with van der Waals surface area (Å²) in [5, 5.41) is 11.4. The van der Waals surface area contributed by atoms with Crippen LogP contribution in [-0.4, -0.2) is 35.3 Å². The minimum Gasteiger partial charge on any atom is -0.408 e. The summed E-state index contributed by atoms with van der Waals surface area (Å²) in [6, 6.07) is 14.9. The molecule has 1 amide bonds. The summed E-state index contributed by atoms with van der Waals surface area (Å²) in [4.78, 5) is 16.6. The lowest BCUT2D eigenvalue weighted by molar-refractivity contribution is -0.113. The Morgan fingerprint density at radius 3 is 2.55 bits per heavy atom. The molecule has 2 heterocycles. The number of anilines is 1. The van der Waals surface area contributed by atoms with Gasteiger partial charge in [-0.15, -0.1) is 16.4 Å². The van der Waals surface area contributed by atoms with Crippen molar-refractivity contribution in [2.24, 2.45) is 0 Å². The highest BCUT2D eigenvalue weighted by molar-refractivity contribution is 7.91. The molecule has 0 saturated heterocycles. The maximum absolute atomic E-state index is 12.6. The standard InChI is InChI=1S/C21H18N4O4S2/c1-13-8-9-16(10-14(13)2)19-24-25-21(29-19)31(27,28)12-18(26)23-20-22-17(11-30-20)15-6-4-3-5-7-15/h3-11H,12H2,1-2H3,(H,22,23,26). The Labute approximate surface area is 182 Å². The number of aromatic nitrogens is 3. The zero-order valence-electron chi connectivity index (χ0n) is 16.7. The van der Waals surface area contributed by atoms with E-state index in [9.17, 15) is 13.2 Å². The van der Waals surface area contributed by atoms with Gasteiger partial charge in [0, 0.05) is 16.5 Å². The second-order valence-electron chi connectivity index (χ2n) is 6.88. The highest BCUT2D eigenvalue weighted by atomic mass is 32.2. The first kappa shape index (κ1) is 20.9. The Bertz CT molecular complexity index is 1340. The van der Waals surface area contributed by atoms with E-state index in [4.69, 9.17) is 4.42 Å². The van der Waals surface area contributed by atoms with Gasteiger partial charge in [0.25, 0.3) is 0 Å². The number of hydrogen-bond acceptors (Lipinski definition) is 8. The first-order chi connectivity index (χ1) is 14.8. The van der Waals surface area contributed by atoms with E-state index in [0.29, 0.717) is 16.4 Å².